The molecule has 6 nitrogen and oxygen atoms in total. The van der Waals surface area contributed by atoms with Gasteiger partial charge in [-0.05, 0) is 30.3 Å². The first-order valence-electron chi connectivity index (χ1n) is 6.74. The SMILES string of the molecule is N#C/C(=C/c1nn(-c2ccccc2)c(N)c1C#N)c1ccco1. The molecule has 0 aliphatic heterocycles. The van der Waals surface area contributed by atoms with Gasteiger partial charge in [-0.2, -0.15) is 15.6 Å². The van der Waals surface area contributed by atoms with Crippen molar-refractivity contribution in [3.8, 4) is 17.8 Å². The molecule has 110 valence electrons. The third-order valence-electron chi connectivity index (χ3n) is 3.25. The Balaban J connectivity index is 2.14. The monoisotopic (exact) mass is 301 g/mol. The summed E-state index contributed by atoms with van der Waals surface area (Å²) in [7, 11) is 0. The van der Waals surface area contributed by atoms with Crippen molar-refractivity contribution in [3.63, 3.8) is 0 Å². The molecule has 1 aromatic carbocycles. The number of aromatic nitrogens is 2. The lowest BCUT2D eigenvalue weighted by molar-refractivity contribution is 0.555. The van der Waals surface area contributed by atoms with Gasteiger partial charge < -0.3 is 10.2 Å². The first-order chi connectivity index (χ1) is 11.2. The summed E-state index contributed by atoms with van der Waals surface area (Å²) in [6.07, 6.45) is 2.97. The molecule has 0 fully saturated rings. The van der Waals surface area contributed by atoms with Gasteiger partial charge in [-0.3, -0.25) is 0 Å². The molecule has 0 radical (unpaired) electrons. The van der Waals surface area contributed by atoms with E-state index >= 15 is 0 Å². The summed E-state index contributed by atoms with van der Waals surface area (Å²) < 4.78 is 6.69. The fourth-order valence-corrected chi connectivity index (χ4v) is 2.16. The molecular formula is C17H11N5O. The summed E-state index contributed by atoms with van der Waals surface area (Å²) in [5, 5.41) is 23.0. The van der Waals surface area contributed by atoms with E-state index in [1.165, 1.54) is 17.0 Å². The molecule has 0 spiro atoms. The van der Waals surface area contributed by atoms with Crippen LogP contribution in [0.2, 0.25) is 0 Å². The van der Waals surface area contributed by atoms with E-state index in [1.54, 1.807) is 12.1 Å². The number of rotatable bonds is 3. The van der Waals surface area contributed by atoms with Crippen molar-refractivity contribution >= 4 is 17.5 Å². The van der Waals surface area contributed by atoms with Gasteiger partial charge in [0.15, 0.2) is 0 Å². The van der Waals surface area contributed by atoms with E-state index in [1.807, 2.05) is 42.5 Å². The fourth-order valence-electron chi connectivity index (χ4n) is 2.16. The minimum absolute atomic E-state index is 0.216. The van der Waals surface area contributed by atoms with Crippen LogP contribution in [0.1, 0.15) is 17.0 Å². The average molecular weight is 301 g/mol. The lowest BCUT2D eigenvalue weighted by atomic mass is 10.1. The van der Waals surface area contributed by atoms with Crippen molar-refractivity contribution < 1.29 is 4.42 Å². The predicted octanol–water partition coefficient (Wildman–Crippen LogP) is 2.98. The highest BCUT2D eigenvalue weighted by Crippen LogP contribution is 2.24. The van der Waals surface area contributed by atoms with Gasteiger partial charge in [0.2, 0.25) is 0 Å². The number of anilines is 1. The maximum atomic E-state index is 9.36. The molecule has 2 heterocycles. The smallest absolute Gasteiger partial charge is 0.145 e. The molecule has 0 saturated heterocycles. The van der Waals surface area contributed by atoms with E-state index in [9.17, 15) is 10.5 Å². The van der Waals surface area contributed by atoms with E-state index in [4.69, 9.17) is 10.2 Å². The fraction of sp³-hybridized carbons (Fsp3) is 0. The van der Waals surface area contributed by atoms with Crippen LogP contribution in [-0.2, 0) is 0 Å². The molecule has 0 bridgehead atoms. The maximum Gasteiger partial charge on any atom is 0.145 e. The first-order valence-corrected chi connectivity index (χ1v) is 6.74. The number of nitrogens with zero attached hydrogens (tertiary/aromatic N) is 4. The number of furan rings is 1. The lowest BCUT2D eigenvalue weighted by Crippen LogP contribution is -2.01. The number of hydrogen-bond acceptors (Lipinski definition) is 5. The molecular weight excluding hydrogens is 290 g/mol. The zero-order valence-electron chi connectivity index (χ0n) is 12.0. The average Bonchev–Trinajstić information content (AvgIpc) is 3.21. The van der Waals surface area contributed by atoms with Crippen molar-refractivity contribution in [2.45, 2.75) is 0 Å². The van der Waals surface area contributed by atoms with Crippen molar-refractivity contribution in [1.29, 1.82) is 10.5 Å². The van der Waals surface area contributed by atoms with E-state index in [0.29, 0.717) is 11.5 Å². The van der Waals surface area contributed by atoms with Gasteiger partial charge in [0, 0.05) is 0 Å². The van der Waals surface area contributed by atoms with Gasteiger partial charge in [0.05, 0.1) is 17.5 Å². The molecule has 2 aromatic heterocycles. The Bertz CT molecular complexity index is 938. The molecule has 0 atom stereocenters. The van der Waals surface area contributed by atoms with Crippen LogP contribution in [0.15, 0.2) is 53.1 Å². The predicted molar refractivity (Wildman–Crippen MR) is 84.9 cm³/mol. The Morgan fingerprint density at radius 2 is 1.96 bits per heavy atom. The van der Waals surface area contributed by atoms with E-state index in [0.717, 1.165) is 5.69 Å². The highest BCUT2D eigenvalue weighted by molar-refractivity contribution is 5.88. The Morgan fingerprint density at radius 1 is 1.17 bits per heavy atom. The molecule has 2 N–H and O–H groups in total. The van der Waals surface area contributed by atoms with Crippen LogP contribution < -0.4 is 5.73 Å². The van der Waals surface area contributed by atoms with Crippen molar-refractivity contribution in [2.24, 2.45) is 0 Å². The Kier molecular flexibility index (Phi) is 3.65. The number of benzene rings is 1. The summed E-state index contributed by atoms with van der Waals surface area (Å²) in [5.74, 6) is 0.630. The summed E-state index contributed by atoms with van der Waals surface area (Å²) in [5.41, 5.74) is 7.56. The molecule has 0 unspecified atom stereocenters. The number of nitrogens with two attached hydrogens (primary N) is 1. The highest BCUT2D eigenvalue weighted by atomic mass is 16.3. The Morgan fingerprint density at radius 3 is 2.57 bits per heavy atom. The number of para-hydroxylation sites is 1. The lowest BCUT2D eigenvalue weighted by Gasteiger charge is -2.02. The van der Waals surface area contributed by atoms with Crippen LogP contribution >= 0.6 is 0 Å². The normalized spacial score (nSPS) is 11.0. The summed E-state index contributed by atoms with van der Waals surface area (Å²) in [6.45, 7) is 0. The molecule has 0 amide bonds. The van der Waals surface area contributed by atoms with Crippen LogP contribution in [0, 0.1) is 22.7 Å². The molecule has 3 rings (SSSR count). The van der Waals surface area contributed by atoms with Gasteiger partial charge in [-0.15, -0.1) is 0 Å². The topological polar surface area (TPSA) is 105 Å². The number of nitrogen functional groups attached to an aromatic ring is 1. The third-order valence-corrected chi connectivity index (χ3v) is 3.25. The van der Waals surface area contributed by atoms with Crippen molar-refractivity contribution in [2.75, 3.05) is 5.73 Å². The largest absolute Gasteiger partial charge is 0.464 e. The van der Waals surface area contributed by atoms with E-state index in [-0.39, 0.29) is 17.0 Å². The summed E-state index contributed by atoms with van der Waals surface area (Å²) in [4.78, 5) is 0. The van der Waals surface area contributed by atoms with Crippen LogP contribution in [0.3, 0.4) is 0 Å². The Labute approximate surface area is 132 Å². The standard InChI is InChI=1S/C17H11N5O/c18-10-12(16-7-4-8-23-16)9-15-14(11-19)17(20)22(21-15)13-5-2-1-3-6-13/h1-9H,20H2/b12-9-. The first kappa shape index (κ1) is 14.2. The van der Waals surface area contributed by atoms with Gasteiger partial charge in [0.25, 0.3) is 0 Å². The van der Waals surface area contributed by atoms with Crippen molar-refractivity contribution in [3.05, 3.63) is 65.7 Å². The highest BCUT2D eigenvalue weighted by Gasteiger charge is 2.16. The zero-order chi connectivity index (χ0) is 16.2. The van der Waals surface area contributed by atoms with Gasteiger partial charge in [-0.1, -0.05) is 18.2 Å². The maximum absolute atomic E-state index is 9.36. The summed E-state index contributed by atoms with van der Waals surface area (Å²) >= 11 is 0. The second kappa shape index (κ2) is 5.92. The third kappa shape index (κ3) is 2.57. The van der Waals surface area contributed by atoms with Gasteiger partial charge in [-0.25, -0.2) is 4.68 Å². The molecule has 3 aromatic rings. The zero-order valence-corrected chi connectivity index (χ0v) is 12.0. The molecule has 0 aliphatic rings. The Hall–Kier alpha value is -3.77. The van der Waals surface area contributed by atoms with Crippen molar-refractivity contribution in [1.82, 2.24) is 9.78 Å². The van der Waals surface area contributed by atoms with E-state index < -0.39 is 0 Å². The molecule has 6 heteroatoms. The number of nitriles is 2. The second-order valence-corrected chi connectivity index (χ2v) is 4.65. The van der Waals surface area contributed by atoms with Crippen LogP contribution in [0.4, 0.5) is 5.82 Å². The van der Waals surface area contributed by atoms with Crippen LogP contribution in [-0.4, -0.2) is 9.78 Å². The van der Waals surface area contributed by atoms with Crippen LogP contribution in [0.5, 0.6) is 0 Å². The quantitative estimate of drug-likeness (QED) is 0.749. The van der Waals surface area contributed by atoms with Gasteiger partial charge in [0.1, 0.15) is 35.0 Å². The minimum atomic E-state index is 0.216. The molecule has 0 saturated carbocycles. The second-order valence-electron chi connectivity index (χ2n) is 4.65. The molecule has 0 aliphatic carbocycles. The molecule has 23 heavy (non-hydrogen) atoms. The summed E-state index contributed by atoms with van der Waals surface area (Å²) in [6, 6.07) is 16.7. The van der Waals surface area contributed by atoms with E-state index in [2.05, 4.69) is 5.10 Å². The number of hydrogen-bond donors (Lipinski definition) is 1. The van der Waals surface area contributed by atoms with Gasteiger partial charge >= 0.3 is 0 Å². The number of allylic oxidation sites excluding steroid dienone is 1. The minimum Gasteiger partial charge on any atom is -0.464 e. The van der Waals surface area contributed by atoms with Crippen LogP contribution in [0.25, 0.3) is 17.3 Å².